The molecule has 7 nitrogen and oxygen atoms in total. The maximum Gasteiger partial charge on any atom is 0.573 e. The second-order valence-corrected chi connectivity index (χ2v) is 12.3. The number of likely N-dealkylation sites (tertiary alicyclic amines) is 1. The van der Waals surface area contributed by atoms with Crippen LogP contribution < -0.4 is 10.3 Å². The summed E-state index contributed by atoms with van der Waals surface area (Å²) in [6, 6.07) is 5.22. The molecule has 0 amide bonds. The SMILES string of the molecule is CC[C@@H]1CCN(Cc2c(OC(F)(F)F)cc3c(=O)n(Cc4cc(Cl)ccc4S(=O)(=O)CC)cnc3c2Cl)C1. The third-order valence-corrected chi connectivity index (χ3v) is 9.22. The number of benzene rings is 2. The lowest BCUT2D eigenvalue weighted by Gasteiger charge is -2.21. The van der Waals surface area contributed by atoms with Gasteiger partial charge in [0.15, 0.2) is 9.84 Å². The van der Waals surface area contributed by atoms with Crippen LogP contribution in [0.25, 0.3) is 10.9 Å². The summed E-state index contributed by atoms with van der Waals surface area (Å²) < 4.78 is 70.5. The molecule has 1 saturated heterocycles. The summed E-state index contributed by atoms with van der Waals surface area (Å²) >= 11 is 12.6. The third kappa shape index (κ3) is 6.11. The van der Waals surface area contributed by atoms with Gasteiger partial charge in [-0.1, -0.05) is 43.5 Å². The molecular weight excluding hydrogens is 566 g/mol. The van der Waals surface area contributed by atoms with Crippen molar-refractivity contribution in [3.63, 3.8) is 0 Å². The number of hydrogen-bond acceptors (Lipinski definition) is 6. The molecule has 0 N–H and O–H groups in total. The Balaban J connectivity index is 1.81. The van der Waals surface area contributed by atoms with Gasteiger partial charge in [-0.15, -0.1) is 13.2 Å². The summed E-state index contributed by atoms with van der Waals surface area (Å²) in [4.78, 5) is 19.7. The Morgan fingerprint density at radius 1 is 1.16 bits per heavy atom. The molecule has 0 saturated carbocycles. The lowest BCUT2D eigenvalue weighted by Crippen LogP contribution is -2.25. The average Bonchev–Trinajstić information content (AvgIpc) is 3.30. The minimum absolute atomic E-state index is 0.00173. The van der Waals surface area contributed by atoms with Crippen LogP contribution in [0.2, 0.25) is 10.0 Å². The number of ether oxygens (including phenoxy) is 1. The Morgan fingerprint density at radius 2 is 1.89 bits per heavy atom. The minimum atomic E-state index is -5.01. The maximum absolute atomic E-state index is 13.4. The van der Waals surface area contributed by atoms with Gasteiger partial charge < -0.3 is 4.74 Å². The van der Waals surface area contributed by atoms with Gasteiger partial charge in [0, 0.05) is 23.7 Å². The van der Waals surface area contributed by atoms with Crippen molar-refractivity contribution in [1.29, 1.82) is 0 Å². The van der Waals surface area contributed by atoms with Gasteiger partial charge >= 0.3 is 6.36 Å². The fourth-order valence-electron chi connectivity index (χ4n) is 4.68. The zero-order chi connectivity index (χ0) is 27.8. The van der Waals surface area contributed by atoms with Crippen LogP contribution in [0.5, 0.6) is 5.75 Å². The van der Waals surface area contributed by atoms with E-state index < -0.39 is 27.5 Å². The first-order valence-corrected chi connectivity index (χ1v) is 14.4. The lowest BCUT2D eigenvalue weighted by atomic mass is 10.1. The van der Waals surface area contributed by atoms with Crippen LogP contribution >= 0.6 is 23.2 Å². The summed E-state index contributed by atoms with van der Waals surface area (Å²) in [5.74, 6) is -0.290. The quantitative estimate of drug-likeness (QED) is 0.335. The van der Waals surface area contributed by atoms with Crippen molar-refractivity contribution in [2.45, 2.75) is 51.0 Å². The van der Waals surface area contributed by atoms with Crippen LogP contribution in [0, 0.1) is 5.92 Å². The van der Waals surface area contributed by atoms with Gasteiger partial charge in [0.1, 0.15) is 5.75 Å². The van der Waals surface area contributed by atoms with E-state index in [1.807, 2.05) is 4.90 Å². The van der Waals surface area contributed by atoms with Crippen LogP contribution in [-0.4, -0.2) is 48.1 Å². The van der Waals surface area contributed by atoms with Crippen molar-refractivity contribution in [1.82, 2.24) is 14.5 Å². The van der Waals surface area contributed by atoms with Crippen molar-refractivity contribution in [3.05, 3.63) is 62.1 Å². The summed E-state index contributed by atoms with van der Waals surface area (Å²) in [6.07, 6.45) is -1.92. The van der Waals surface area contributed by atoms with Gasteiger partial charge in [0.2, 0.25) is 0 Å². The number of fused-ring (bicyclic) bond motifs is 1. The fourth-order valence-corrected chi connectivity index (χ4v) is 6.29. The molecular formula is C25H26Cl2F3N3O4S. The molecule has 0 unspecified atom stereocenters. The number of sulfone groups is 1. The molecule has 1 aliphatic heterocycles. The second-order valence-electron chi connectivity index (χ2n) is 9.24. The molecule has 2 aromatic carbocycles. The lowest BCUT2D eigenvalue weighted by molar-refractivity contribution is -0.274. The van der Waals surface area contributed by atoms with E-state index in [0.29, 0.717) is 19.0 Å². The molecule has 0 aliphatic carbocycles. The number of aromatic nitrogens is 2. The van der Waals surface area contributed by atoms with E-state index in [1.165, 1.54) is 31.5 Å². The topological polar surface area (TPSA) is 81.5 Å². The summed E-state index contributed by atoms with van der Waals surface area (Å²) in [6.45, 7) is 4.86. The molecule has 1 aliphatic rings. The number of halogens is 5. The molecule has 1 fully saturated rings. The molecule has 0 bridgehead atoms. The highest BCUT2D eigenvalue weighted by Crippen LogP contribution is 2.37. The summed E-state index contributed by atoms with van der Waals surface area (Å²) in [5.41, 5.74) is -0.320. The van der Waals surface area contributed by atoms with Crippen molar-refractivity contribution in [2.75, 3.05) is 18.8 Å². The van der Waals surface area contributed by atoms with Crippen LogP contribution in [0.4, 0.5) is 13.2 Å². The Morgan fingerprint density at radius 3 is 2.53 bits per heavy atom. The van der Waals surface area contributed by atoms with Gasteiger partial charge in [-0.2, -0.15) is 0 Å². The molecule has 1 atom stereocenters. The van der Waals surface area contributed by atoms with E-state index >= 15 is 0 Å². The van der Waals surface area contributed by atoms with Gasteiger partial charge in [0.05, 0.1) is 39.4 Å². The van der Waals surface area contributed by atoms with Gasteiger partial charge in [-0.3, -0.25) is 14.3 Å². The average molecular weight is 592 g/mol. The summed E-state index contributed by atoms with van der Waals surface area (Å²) in [5, 5.41) is -0.0177. The number of nitrogens with zero attached hydrogens (tertiary/aromatic N) is 3. The van der Waals surface area contributed by atoms with Crippen LogP contribution in [0.15, 0.2) is 40.3 Å². The Labute approximate surface area is 228 Å². The van der Waals surface area contributed by atoms with E-state index in [2.05, 4.69) is 16.6 Å². The van der Waals surface area contributed by atoms with E-state index in [-0.39, 0.29) is 55.8 Å². The Bertz CT molecular complexity index is 1530. The number of rotatable bonds is 8. The minimum Gasteiger partial charge on any atom is -0.405 e. The van der Waals surface area contributed by atoms with E-state index in [4.69, 9.17) is 23.2 Å². The van der Waals surface area contributed by atoms with Crippen molar-refractivity contribution in [2.24, 2.45) is 5.92 Å². The number of hydrogen-bond donors (Lipinski definition) is 0. The molecule has 1 aromatic heterocycles. The fraction of sp³-hybridized carbons (Fsp3) is 0.440. The molecule has 3 aromatic rings. The zero-order valence-electron chi connectivity index (χ0n) is 20.7. The Hall–Kier alpha value is -2.34. The number of alkyl halides is 3. The highest BCUT2D eigenvalue weighted by atomic mass is 35.5. The first-order chi connectivity index (χ1) is 17.8. The normalized spacial score (nSPS) is 16.9. The van der Waals surface area contributed by atoms with Crippen LogP contribution in [0.1, 0.15) is 37.8 Å². The Kier molecular flexibility index (Phi) is 8.32. The molecule has 4 rings (SSSR count). The third-order valence-electron chi connectivity index (χ3n) is 6.75. The predicted molar refractivity (Wildman–Crippen MR) is 140 cm³/mol. The van der Waals surface area contributed by atoms with E-state index in [9.17, 15) is 26.4 Å². The standard InChI is InChI=1S/C25H26Cl2F3N3O4S/c1-3-15-7-8-32(11-15)13-19-20(37-25(28,29)30)10-18-23(22(19)27)31-14-33(24(18)34)12-16-9-17(26)5-6-21(16)38(35,36)4-2/h5-6,9-10,14-15H,3-4,7-8,11-13H2,1-2H3/t15-/m1/s1. The van der Waals surface area contributed by atoms with E-state index in [1.54, 1.807) is 0 Å². The summed E-state index contributed by atoms with van der Waals surface area (Å²) in [7, 11) is -3.64. The first kappa shape index (κ1) is 28.7. The molecule has 206 valence electrons. The highest BCUT2D eigenvalue weighted by Gasteiger charge is 2.34. The smallest absolute Gasteiger partial charge is 0.405 e. The second kappa shape index (κ2) is 11.0. The molecule has 0 radical (unpaired) electrons. The predicted octanol–water partition coefficient (Wildman–Crippen LogP) is 5.68. The largest absolute Gasteiger partial charge is 0.573 e. The first-order valence-electron chi connectivity index (χ1n) is 12.0. The van der Waals surface area contributed by atoms with Crippen molar-refractivity contribution in [3.8, 4) is 5.75 Å². The van der Waals surface area contributed by atoms with Gasteiger partial charge in [0.25, 0.3) is 5.56 Å². The monoisotopic (exact) mass is 591 g/mol. The molecule has 13 heteroatoms. The molecule has 2 heterocycles. The molecule has 38 heavy (non-hydrogen) atoms. The van der Waals surface area contributed by atoms with Crippen LogP contribution in [0.3, 0.4) is 0 Å². The highest BCUT2D eigenvalue weighted by molar-refractivity contribution is 7.91. The maximum atomic E-state index is 13.4. The molecule has 0 spiro atoms. The van der Waals surface area contributed by atoms with Crippen molar-refractivity contribution >= 4 is 43.9 Å². The van der Waals surface area contributed by atoms with Gasteiger partial charge in [-0.25, -0.2) is 13.4 Å². The van der Waals surface area contributed by atoms with Crippen LogP contribution in [-0.2, 0) is 22.9 Å². The van der Waals surface area contributed by atoms with Gasteiger partial charge in [-0.05, 0) is 48.7 Å². The zero-order valence-corrected chi connectivity index (χ0v) is 23.0. The van der Waals surface area contributed by atoms with E-state index in [0.717, 1.165) is 23.5 Å². The van der Waals surface area contributed by atoms with Crippen molar-refractivity contribution < 1.29 is 26.3 Å².